The van der Waals surface area contributed by atoms with E-state index in [-0.39, 0.29) is 31.6 Å². The average Bonchev–Trinajstić information content (AvgIpc) is 3.40. The molecule has 0 radical (unpaired) electrons. The van der Waals surface area contributed by atoms with Crippen molar-refractivity contribution in [3.8, 4) is 0 Å². The van der Waals surface area contributed by atoms with E-state index in [4.69, 9.17) is 33.2 Å². The van der Waals surface area contributed by atoms with Crippen LogP contribution in [0.2, 0.25) is 0 Å². The first-order valence-electron chi connectivity index (χ1n) is 19.4. The molecular formula is C39H70NO13+. The van der Waals surface area contributed by atoms with E-state index in [1.54, 1.807) is 34.6 Å². The third-order valence-electron chi connectivity index (χ3n) is 12.9. The second kappa shape index (κ2) is 16.6. The first-order chi connectivity index (χ1) is 24.5. The Morgan fingerprint density at radius 1 is 0.962 bits per heavy atom. The molecule has 0 aromatic carbocycles. The zero-order valence-electron chi connectivity index (χ0n) is 34.3. The zero-order chi connectivity index (χ0) is 40.0. The summed E-state index contributed by atoms with van der Waals surface area (Å²) in [5.41, 5.74) is -3.10. The van der Waals surface area contributed by atoms with E-state index >= 15 is 0 Å². The lowest BCUT2D eigenvalue weighted by Crippen LogP contribution is -2.64. The van der Waals surface area contributed by atoms with Gasteiger partial charge in [0.05, 0.1) is 56.6 Å². The molecule has 5 N–H and O–H groups in total. The maximum Gasteiger partial charge on any atom is 0.311 e. The number of ether oxygens (including phenoxy) is 7. The van der Waals surface area contributed by atoms with Crippen molar-refractivity contribution < 1.29 is 68.0 Å². The Bertz CT molecular complexity index is 1290. The highest BCUT2D eigenvalue weighted by molar-refractivity contribution is 5.73. The molecule has 0 amide bonds. The molecule has 4 rings (SSSR count). The maximum atomic E-state index is 14.2. The van der Waals surface area contributed by atoms with E-state index in [0.717, 1.165) is 5.57 Å². The molecule has 3 saturated heterocycles. The molecule has 53 heavy (non-hydrogen) atoms. The van der Waals surface area contributed by atoms with E-state index < -0.39 is 95.8 Å². The van der Waals surface area contributed by atoms with Crippen LogP contribution in [0, 0.1) is 17.8 Å². The Labute approximate surface area is 316 Å². The fraction of sp³-hybridized carbons (Fsp3) is 0.923. The van der Waals surface area contributed by atoms with Crippen molar-refractivity contribution in [2.24, 2.45) is 17.8 Å². The quantitative estimate of drug-likeness (QED) is 0.171. The lowest BCUT2D eigenvalue weighted by atomic mass is 9.78. The molecule has 14 heteroatoms. The molecule has 4 aliphatic heterocycles. The van der Waals surface area contributed by atoms with Gasteiger partial charge in [-0.3, -0.25) is 4.79 Å². The van der Waals surface area contributed by atoms with E-state index in [9.17, 15) is 30.3 Å². The van der Waals surface area contributed by atoms with E-state index in [1.165, 1.54) is 14.0 Å². The van der Waals surface area contributed by atoms with Crippen molar-refractivity contribution in [2.75, 3.05) is 34.4 Å². The summed E-state index contributed by atoms with van der Waals surface area (Å²) in [5.74, 6) is -2.45. The van der Waals surface area contributed by atoms with Crippen LogP contribution in [0.1, 0.15) is 94.9 Å². The number of hydrogen-bond donors (Lipinski definition) is 5. The number of esters is 1. The number of rotatable bonds is 9. The van der Waals surface area contributed by atoms with E-state index in [1.807, 2.05) is 41.8 Å². The Balaban J connectivity index is 1.85. The van der Waals surface area contributed by atoms with Crippen LogP contribution in [0.25, 0.3) is 0 Å². The molecule has 4 heterocycles. The summed E-state index contributed by atoms with van der Waals surface area (Å²) in [6.07, 6.45) is -7.95. The van der Waals surface area contributed by atoms with Gasteiger partial charge in [-0.05, 0) is 60.5 Å². The fourth-order valence-electron chi connectivity index (χ4n) is 9.33. The highest BCUT2D eigenvalue weighted by Gasteiger charge is 2.57. The first kappa shape index (κ1) is 44.3. The van der Waals surface area contributed by atoms with Crippen LogP contribution in [-0.2, 0) is 38.0 Å². The summed E-state index contributed by atoms with van der Waals surface area (Å²) in [6, 6.07) is -0.326. The molecule has 0 saturated carbocycles. The summed E-state index contributed by atoms with van der Waals surface area (Å²) >= 11 is 0. The molecule has 14 nitrogen and oxygen atoms in total. The number of fused-ring (bicyclic) bond motifs is 2. The molecule has 17 atom stereocenters. The van der Waals surface area contributed by atoms with Crippen LogP contribution in [-0.4, -0.2) is 155 Å². The van der Waals surface area contributed by atoms with Gasteiger partial charge in [0.25, 0.3) is 0 Å². The number of hydrogen-bond acceptors (Lipinski definition) is 13. The molecule has 0 aromatic heterocycles. The fourth-order valence-corrected chi connectivity index (χ4v) is 9.33. The lowest BCUT2D eigenvalue weighted by molar-refractivity contribution is -0.922. The molecule has 308 valence electrons. The van der Waals surface area contributed by atoms with Gasteiger partial charge in [-0.25, -0.2) is 0 Å². The Kier molecular flexibility index (Phi) is 13.9. The minimum atomic E-state index is -1.84. The van der Waals surface area contributed by atoms with Gasteiger partial charge >= 0.3 is 5.97 Å². The van der Waals surface area contributed by atoms with Crippen LogP contribution in [0.15, 0.2) is 11.3 Å². The van der Waals surface area contributed by atoms with Crippen LogP contribution in [0.5, 0.6) is 0 Å². The SMILES string of the molecule is CC[C@H]1OC(=O)[C@H](C)[C@@H](O[C@H]2C[C@@](C)(OC)[C@@H](O)[C@H](C)O2)[C@H](C)[C@@H](O[C@@H]2O[C@H](C)C[C@H]([N+](C)(C)CCO)[C@H]2O)[C@@]2(C)CC(C)=C(O2)[C@H](C)[C@@H](O)[C@]1(C)O. The molecule has 0 aromatic rings. The summed E-state index contributed by atoms with van der Waals surface area (Å²) in [4.78, 5) is 14.2. The van der Waals surface area contributed by atoms with E-state index in [0.29, 0.717) is 29.6 Å². The van der Waals surface area contributed by atoms with Gasteiger partial charge in [0.1, 0.15) is 47.9 Å². The predicted octanol–water partition coefficient (Wildman–Crippen LogP) is 2.40. The monoisotopic (exact) mass is 760 g/mol. The largest absolute Gasteiger partial charge is 0.489 e. The highest BCUT2D eigenvalue weighted by atomic mass is 16.7. The van der Waals surface area contributed by atoms with Crippen LogP contribution >= 0.6 is 0 Å². The number of carbonyl (C=O) groups is 1. The number of methoxy groups -OCH3 is 1. The number of cyclic esters (lactones) is 1. The molecule has 0 spiro atoms. The molecule has 3 fully saturated rings. The maximum absolute atomic E-state index is 14.2. The molecule has 2 bridgehead atoms. The molecule has 4 aliphatic rings. The smallest absolute Gasteiger partial charge is 0.311 e. The van der Waals surface area contributed by atoms with Gasteiger partial charge in [0.2, 0.25) is 0 Å². The Hall–Kier alpha value is -1.43. The summed E-state index contributed by atoms with van der Waals surface area (Å²) in [6.45, 7) is 18.2. The van der Waals surface area contributed by atoms with Crippen LogP contribution < -0.4 is 0 Å². The molecule has 0 unspecified atom stereocenters. The Morgan fingerprint density at radius 3 is 2.19 bits per heavy atom. The standard InChI is InChI=1S/C39H70NO13/c1-14-27-39(10,46)32(43)22(4)30-20(2)18-38(9,53-30)34(52-36-29(42)26(17-21(3)48-36)40(11,12)15-16-41)23(5)31(24(6)35(45)50-27)51-28-19-37(8,47-13)33(44)25(7)49-28/h21-29,31-34,36,41-44,46H,14-19H2,1-13H3/q+1/t21-,22+,23+,24-,25+,26+,27-,28+,29-,31+,32-,33+,34-,36+,37-,38-,39-/m1/s1. The number of likely N-dealkylation sites (N-methyl/N-ethyl adjacent to an activating group) is 1. The number of aliphatic hydroxyl groups is 5. The minimum Gasteiger partial charge on any atom is -0.489 e. The third-order valence-corrected chi connectivity index (χ3v) is 12.9. The first-order valence-corrected chi connectivity index (χ1v) is 19.4. The van der Waals surface area contributed by atoms with Gasteiger partial charge < -0.3 is 63.2 Å². The number of carbonyl (C=O) groups excluding carboxylic acids is 1. The average molecular weight is 761 g/mol. The van der Waals surface area contributed by atoms with Gasteiger partial charge in [0.15, 0.2) is 18.7 Å². The summed E-state index contributed by atoms with van der Waals surface area (Å²) in [5, 5.41) is 56.2. The molecule has 0 aliphatic carbocycles. The summed E-state index contributed by atoms with van der Waals surface area (Å²) in [7, 11) is 5.44. The van der Waals surface area contributed by atoms with Crippen molar-refractivity contribution in [3.63, 3.8) is 0 Å². The topological polar surface area (TPSA) is 183 Å². The Morgan fingerprint density at radius 2 is 1.60 bits per heavy atom. The second-order valence-corrected chi connectivity index (χ2v) is 17.6. The normalized spacial score (nSPS) is 47.6. The van der Waals surface area contributed by atoms with Gasteiger partial charge in [0, 0.05) is 38.2 Å². The van der Waals surface area contributed by atoms with Gasteiger partial charge in [-0.2, -0.15) is 0 Å². The lowest BCUT2D eigenvalue weighted by Gasteiger charge is -2.49. The predicted molar refractivity (Wildman–Crippen MR) is 194 cm³/mol. The zero-order valence-corrected chi connectivity index (χ0v) is 34.3. The van der Waals surface area contributed by atoms with Crippen LogP contribution in [0.4, 0.5) is 0 Å². The number of quaternary nitrogens is 1. The van der Waals surface area contributed by atoms with Crippen molar-refractivity contribution in [3.05, 3.63) is 11.3 Å². The van der Waals surface area contributed by atoms with Crippen molar-refractivity contribution >= 4 is 5.97 Å². The summed E-state index contributed by atoms with van der Waals surface area (Å²) < 4.78 is 45.2. The second-order valence-electron chi connectivity index (χ2n) is 17.6. The van der Waals surface area contributed by atoms with Crippen LogP contribution in [0.3, 0.4) is 0 Å². The number of aliphatic hydroxyl groups excluding tert-OH is 4. The van der Waals surface area contributed by atoms with Crippen molar-refractivity contribution in [1.29, 1.82) is 0 Å². The minimum absolute atomic E-state index is 0.0555. The van der Waals surface area contributed by atoms with Gasteiger partial charge in [-0.1, -0.05) is 20.8 Å². The van der Waals surface area contributed by atoms with Crippen molar-refractivity contribution in [2.45, 2.75) is 179 Å². The third kappa shape index (κ3) is 8.78. The van der Waals surface area contributed by atoms with E-state index in [2.05, 4.69) is 0 Å². The highest BCUT2D eigenvalue weighted by Crippen LogP contribution is 2.47. The van der Waals surface area contributed by atoms with Gasteiger partial charge in [-0.15, -0.1) is 0 Å². The number of nitrogens with zero attached hydrogens (tertiary/aromatic N) is 1. The van der Waals surface area contributed by atoms with Crippen molar-refractivity contribution in [1.82, 2.24) is 0 Å². The molecular weight excluding hydrogens is 690 g/mol.